The normalized spacial score (nSPS) is 14.6. The van der Waals surface area contributed by atoms with Crippen LogP contribution in [0.2, 0.25) is 0 Å². The number of carbonyl (C=O) groups excluding carboxylic acids is 3. The van der Waals surface area contributed by atoms with Crippen molar-refractivity contribution in [1.82, 2.24) is 0 Å². The molecule has 2 aromatic carbocycles. The van der Waals surface area contributed by atoms with Crippen molar-refractivity contribution in [3.8, 4) is 5.75 Å². The van der Waals surface area contributed by atoms with Gasteiger partial charge in [0.05, 0.1) is 10.6 Å². The molecule has 0 spiro atoms. The van der Waals surface area contributed by atoms with E-state index in [9.17, 15) is 14.4 Å². The first-order chi connectivity index (χ1) is 14.2. The Morgan fingerprint density at radius 3 is 2.47 bits per heavy atom. The van der Waals surface area contributed by atoms with Gasteiger partial charge in [0.25, 0.3) is 5.91 Å². The van der Waals surface area contributed by atoms with Crippen molar-refractivity contribution in [3.63, 3.8) is 0 Å². The number of amidine groups is 1. The van der Waals surface area contributed by atoms with Gasteiger partial charge in [0.1, 0.15) is 5.75 Å². The summed E-state index contributed by atoms with van der Waals surface area (Å²) in [5.74, 6) is -0.838. The topological polar surface area (TPSA) is 76.0 Å². The summed E-state index contributed by atoms with van der Waals surface area (Å²) in [5, 5.41) is 0.283. The van der Waals surface area contributed by atoms with Crippen LogP contribution in [0.3, 0.4) is 0 Å². The monoisotopic (exact) mass is 486 g/mol. The summed E-state index contributed by atoms with van der Waals surface area (Å²) in [5.41, 5.74) is 3.33. The summed E-state index contributed by atoms with van der Waals surface area (Å²) in [4.78, 5) is 42.1. The zero-order valence-corrected chi connectivity index (χ0v) is 19.3. The number of hydrogen-bond acceptors (Lipinski definition) is 5. The molecule has 0 radical (unpaired) electrons. The van der Waals surface area contributed by atoms with E-state index < -0.39 is 11.9 Å². The third-order valence-corrected chi connectivity index (χ3v) is 5.84. The molecule has 0 unspecified atom stereocenters. The maximum atomic E-state index is 12.6. The van der Waals surface area contributed by atoms with E-state index in [1.165, 1.54) is 18.7 Å². The Kier molecular flexibility index (Phi) is 6.58. The number of esters is 1. The summed E-state index contributed by atoms with van der Waals surface area (Å²) >= 11 is 4.48. The lowest BCUT2D eigenvalue weighted by molar-refractivity contribution is -0.132. The second-order valence-corrected chi connectivity index (χ2v) is 8.63. The van der Waals surface area contributed by atoms with Gasteiger partial charge in [0.15, 0.2) is 5.17 Å². The van der Waals surface area contributed by atoms with Crippen LogP contribution in [-0.4, -0.2) is 23.0 Å². The smallest absolute Gasteiger partial charge is 0.308 e. The van der Waals surface area contributed by atoms with Crippen molar-refractivity contribution in [2.75, 3.05) is 4.90 Å². The molecule has 6 nitrogen and oxygen atoms in total. The highest BCUT2D eigenvalue weighted by Gasteiger charge is 2.29. The number of carbonyl (C=O) groups is 3. The minimum Gasteiger partial charge on any atom is -0.426 e. The fraction of sp³-hybridized carbons (Fsp3) is 0.182. The molecular formula is C22H19BrN2O4S. The Bertz CT molecular complexity index is 1120. The van der Waals surface area contributed by atoms with Crippen LogP contribution in [0.4, 0.5) is 5.69 Å². The van der Waals surface area contributed by atoms with Crippen molar-refractivity contribution >= 4 is 62.4 Å². The standard InChI is InChI=1S/C22H19BrN2O4S/c1-12-5-7-18(9-13(12)2)25(14(3)26)22-24-21(28)20(30-22)11-16-10-17(23)6-8-19(16)29-15(4)27/h5-11H,1-4H3/b20-11-. The fourth-order valence-electron chi connectivity index (χ4n) is 2.81. The molecule has 2 aromatic rings. The van der Waals surface area contributed by atoms with Crippen molar-refractivity contribution in [1.29, 1.82) is 0 Å². The van der Waals surface area contributed by atoms with Gasteiger partial charge in [-0.2, -0.15) is 4.99 Å². The van der Waals surface area contributed by atoms with Crippen LogP contribution in [0.1, 0.15) is 30.5 Å². The van der Waals surface area contributed by atoms with Gasteiger partial charge in [-0.3, -0.25) is 19.3 Å². The van der Waals surface area contributed by atoms with Crippen molar-refractivity contribution < 1.29 is 19.1 Å². The summed E-state index contributed by atoms with van der Waals surface area (Å²) in [6.45, 7) is 6.69. The van der Waals surface area contributed by atoms with Gasteiger partial charge in [-0.25, -0.2) is 0 Å². The van der Waals surface area contributed by atoms with Gasteiger partial charge < -0.3 is 4.74 Å². The molecule has 0 N–H and O–H groups in total. The summed E-state index contributed by atoms with van der Waals surface area (Å²) in [6.07, 6.45) is 1.60. The van der Waals surface area contributed by atoms with E-state index in [0.717, 1.165) is 27.4 Å². The first-order valence-corrected chi connectivity index (χ1v) is 10.6. The van der Waals surface area contributed by atoms with Gasteiger partial charge in [-0.15, -0.1) is 0 Å². The average Bonchev–Trinajstić information content (AvgIpc) is 3.00. The van der Waals surface area contributed by atoms with Gasteiger partial charge in [0.2, 0.25) is 5.91 Å². The number of amides is 2. The van der Waals surface area contributed by atoms with E-state index >= 15 is 0 Å². The van der Waals surface area contributed by atoms with Crippen LogP contribution in [0.5, 0.6) is 5.75 Å². The third-order valence-electron chi connectivity index (χ3n) is 4.38. The predicted molar refractivity (Wildman–Crippen MR) is 123 cm³/mol. The van der Waals surface area contributed by atoms with Gasteiger partial charge >= 0.3 is 5.97 Å². The van der Waals surface area contributed by atoms with Crippen LogP contribution in [0.15, 0.2) is 50.8 Å². The molecular weight excluding hydrogens is 468 g/mol. The maximum Gasteiger partial charge on any atom is 0.308 e. The summed E-state index contributed by atoms with van der Waals surface area (Å²) in [7, 11) is 0. The minimum atomic E-state index is -0.461. The number of rotatable bonds is 3. The molecule has 8 heteroatoms. The zero-order valence-electron chi connectivity index (χ0n) is 16.9. The van der Waals surface area contributed by atoms with Crippen LogP contribution >= 0.6 is 27.7 Å². The van der Waals surface area contributed by atoms with Crippen molar-refractivity contribution in [3.05, 3.63) is 62.5 Å². The molecule has 3 rings (SSSR count). The third kappa shape index (κ3) is 4.88. The lowest BCUT2D eigenvalue weighted by Crippen LogP contribution is -2.32. The first kappa shape index (κ1) is 22.0. The van der Waals surface area contributed by atoms with Crippen LogP contribution < -0.4 is 9.64 Å². The highest BCUT2D eigenvalue weighted by molar-refractivity contribution is 9.10. The molecule has 0 fully saturated rings. The number of hydrogen-bond donors (Lipinski definition) is 0. The van der Waals surface area contributed by atoms with E-state index in [2.05, 4.69) is 20.9 Å². The van der Waals surface area contributed by atoms with Crippen LogP contribution in [0, 0.1) is 13.8 Å². The highest BCUT2D eigenvalue weighted by atomic mass is 79.9. The number of thioether (sulfide) groups is 1. The lowest BCUT2D eigenvalue weighted by Gasteiger charge is -2.20. The predicted octanol–water partition coefficient (Wildman–Crippen LogP) is 5.01. The summed E-state index contributed by atoms with van der Waals surface area (Å²) in [6, 6.07) is 10.8. The number of halogens is 1. The SMILES string of the molecule is CC(=O)Oc1ccc(Br)cc1/C=C1\SC(N(C(C)=O)c2ccc(C)c(C)c2)=NC1=O. The van der Waals surface area contributed by atoms with Gasteiger partial charge in [0, 0.05) is 23.9 Å². The Labute approximate surface area is 187 Å². The Morgan fingerprint density at radius 2 is 1.83 bits per heavy atom. The Morgan fingerprint density at radius 1 is 1.10 bits per heavy atom. The second-order valence-electron chi connectivity index (χ2n) is 6.71. The molecule has 1 heterocycles. The molecule has 30 heavy (non-hydrogen) atoms. The fourth-order valence-corrected chi connectivity index (χ4v) is 4.15. The molecule has 2 amide bonds. The number of nitrogens with zero attached hydrogens (tertiary/aromatic N) is 2. The molecule has 0 aromatic heterocycles. The number of benzene rings is 2. The quantitative estimate of drug-likeness (QED) is 0.346. The van der Waals surface area contributed by atoms with E-state index in [-0.39, 0.29) is 11.1 Å². The van der Waals surface area contributed by atoms with Crippen LogP contribution in [-0.2, 0) is 14.4 Å². The van der Waals surface area contributed by atoms with Crippen molar-refractivity contribution in [2.45, 2.75) is 27.7 Å². The molecule has 0 aliphatic carbocycles. The highest BCUT2D eigenvalue weighted by Crippen LogP contribution is 2.35. The molecule has 0 saturated carbocycles. The number of aryl methyl sites for hydroxylation is 2. The molecule has 0 saturated heterocycles. The first-order valence-electron chi connectivity index (χ1n) is 9.04. The van der Waals surface area contributed by atoms with E-state index in [0.29, 0.717) is 21.9 Å². The van der Waals surface area contributed by atoms with Gasteiger partial charge in [-0.05, 0) is 73.1 Å². The van der Waals surface area contributed by atoms with E-state index in [1.807, 2.05) is 32.0 Å². The molecule has 0 atom stereocenters. The minimum absolute atomic E-state index is 0.249. The molecule has 1 aliphatic rings. The van der Waals surface area contributed by atoms with E-state index in [1.54, 1.807) is 24.3 Å². The average molecular weight is 487 g/mol. The number of ether oxygens (including phenoxy) is 1. The zero-order chi connectivity index (χ0) is 22.0. The number of aliphatic imine (C=N–C) groups is 1. The molecule has 154 valence electrons. The Hall–Kier alpha value is -2.71. The maximum absolute atomic E-state index is 12.6. The molecule has 1 aliphatic heterocycles. The van der Waals surface area contributed by atoms with E-state index in [4.69, 9.17) is 4.74 Å². The van der Waals surface area contributed by atoms with Crippen molar-refractivity contribution in [2.24, 2.45) is 4.99 Å². The van der Waals surface area contributed by atoms with Gasteiger partial charge in [-0.1, -0.05) is 22.0 Å². The Balaban J connectivity index is 1.95. The number of anilines is 1. The molecule has 0 bridgehead atoms. The summed E-state index contributed by atoms with van der Waals surface area (Å²) < 4.78 is 5.99. The largest absolute Gasteiger partial charge is 0.426 e. The van der Waals surface area contributed by atoms with Crippen LogP contribution in [0.25, 0.3) is 6.08 Å². The lowest BCUT2D eigenvalue weighted by atomic mass is 10.1. The second kappa shape index (κ2) is 8.97.